The summed E-state index contributed by atoms with van der Waals surface area (Å²) in [6.07, 6.45) is -0.364. The number of hydrogen-bond acceptors (Lipinski definition) is 4. The van der Waals surface area contributed by atoms with Gasteiger partial charge in [0.05, 0.1) is 18.6 Å². The zero-order chi connectivity index (χ0) is 11.6. The largest absolute Gasteiger partial charge is 0.461 e. The SMILES string of the molecule is CCN1C(=O)C(CO)C1C(C)OC(C)=O. The highest BCUT2D eigenvalue weighted by atomic mass is 16.5. The Morgan fingerprint density at radius 1 is 1.67 bits per heavy atom. The lowest BCUT2D eigenvalue weighted by atomic mass is 9.84. The molecule has 5 heteroatoms. The molecule has 0 aromatic rings. The van der Waals surface area contributed by atoms with Crippen LogP contribution in [0.25, 0.3) is 0 Å². The Morgan fingerprint density at radius 3 is 2.67 bits per heavy atom. The molecule has 1 amide bonds. The van der Waals surface area contributed by atoms with Gasteiger partial charge in [0.1, 0.15) is 6.10 Å². The second-order valence-electron chi connectivity index (χ2n) is 3.72. The van der Waals surface area contributed by atoms with Crippen LogP contribution in [0.2, 0.25) is 0 Å². The van der Waals surface area contributed by atoms with E-state index in [-0.39, 0.29) is 30.6 Å². The number of esters is 1. The van der Waals surface area contributed by atoms with Gasteiger partial charge < -0.3 is 14.7 Å². The Bertz CT molecular complexity index is 252. The average molecular weight is 215 g/mol. The van der Waals surface area contributed by atoms with Gasteiger partial charge in [-0.1, -0.05) is 0 Å². The van der Waals surface area contributed by atoms with Gasteiger partial charge in [-0.2, -0.15) is 0 Å². The number of aliphatic hydroxyl groups is 1. The molecule has 3 atom stereocenters. The second kappa shape index (κ2) is 4.61. The van der Waals surface area contributed by atoms with Gasteiger partial charge in [0.15, 0.2) is 0 Å². The van der Waals surface area contributed by atoms with Crippen LogP contribution in [-0.2, 0) is 14.3 Å². The lowest BCUT2D eigenvalue weighted by molar-refractivity contribution is -0.175. The van der Waals surface area contributed by atoms with Crippen LogP contribution in [0.1, 0.15) is 20.8 Å². The molecule has 1 heterocycles. The highest BCUT2D eigenvalue weighted by Crippen LogP contribution is 2.29. The Hall–Kier alpha value is -1.10. The molecule has 1 rings (SSSR count). The number of ether oxygens (including phenoxy) is 1. The van der Waals surface area contributed by atoms with E-state index in [9.17, 15) is 9.59 Å². The molecule has 0 radical (unpaired) electrons. The fourth-order valence-electron chi connectivity index (χ4n) is 2.11. The van der Waals surface area contributed by atoms with Gasteiger partial charge in [-0.15, -0.1) is 0 Å². The van der Waals surface area contributed by atoms with Crippen molar-refractivity contribution in [2.24, 2.45) is 5.92 Å². The van der Waals surface area contributed by atoms with Gasteiger partial charge in [0.2, 0.25) is 5.91 Å². The fraction of sp³-hybridized carbons (Fsp3) is 0.800. The number of nitrogens with zero attached hydrogens (tertiary/aromatic N) is 1. The Kier molecular flexibility index (Phi) is 3.68. The number of likely N-dealkylation sites (N-methyl/N-ethyl adjacent to an activating group) is 1. The first-order chi connectivity index (χ1) is 7.02. The first-order valence-electron chi connectivity index (χ1n) is 5.11. The van der Waals surface area contributed by atoms with Crippen LogP contribution < -0.4 is 0 Å². The van der Waals surface area contributed by atoms with E-state index in [1.807, 2.05) is 6.92 Å². The number of hydrogen-bond donors (Lipinski definition) is 1. The lowest BCUT2D eigenvalue weighted by Crippen LogP contribution is -2.66. The maximum atomic E-state index is 11.4. The third-order valence-corrected chi connectivity index (χ3v) is 2.74. The maximum Gasteiger partial charge on any atom is 0.302 e. The van der Waals surface area contributed by atoms with Gasteiger partial charge in [0.25, 0.3) is 0 Å². The predicted molar refractivity (Wildman–Crippen MR) is 53.0 cm³/mol. The number of likely N-dealkylation sites (tertiary alicyclic amines) is 1. The van der Waals surface area contributed by atoms with Crippen molar-refractivity contribution in [3.8, 4) is 0 Å². The second-order valence-corrected chi connectivity index (χ2v) is 3.72. The Labute approximate surface area is 89.0 Å². The van der Waals surface area contributed by atoms with Crippen molar-refractivity contribution in [2.45, 2.75) is 32.9 Å². The Morgan fingerprint density at radius 2 is 2.27 bits per heavy atom. The van der Waals surface area contributed by atoms with E-state index in [4.69, 9.17) is 9.84 Å². The summed E-state index contributed by atoms with van der Waals surface area (Å²) in [7, 11) is 0. The first kappa shape index (κ1) is 12.0. The molecule has 0 aliphatic carbocycles. The van der Waals surface area contributed by atoms with Crippen molar-refractivity contribution in [1.29, 1.82) is 0 Å². The average Bonchev–Trinajstić information content (AvgIpc) is 2.14. The molecule has 0 bridgehead atoms. The van der Waals surface area contributed by atoms with Crippen molar-refractivity contribution in [3.63, 3.8) is 0 Å². The molecule has 86 valence electrons. The van der Waals surface area contributed by atoms with E-state index in [0.29, 0.717) is 6.54 Å². The maximum absolute atomic E-state index is 11.4. The summed E-state index contributed by atoms with van der Waals surface area (Å²) < 4.78 is 5.02. The van der Waals surface area contributed by atoms with Gasteiger partial charge in [-0.25, -0.2) is 0 Å². The van der Waals surface area contributed by atoms with E-state index < -0.39 is 5.92 Å². The van der Waals surface area contributed by atoms with E-state index in [2.05, 4.69) is 0 Å². The number of carbonyl (C=O) groups excluding carboxylic acids is 2. The number of amides is 1. The molecule has 1 N–H and O–H groups in total. The van der Waals surface area contributed by atoms with Crippen LogP contribution in [-0.4, -0.2) is 47.2 Å². The van der Waals surface area contributed by atoms with Crippen LogP contribution in [0, 0.1) is 5.92 Å². The van der Waals surface area contributed by atoms with Crippen LogP contribution in [0.3, 0.4) is 0 Å². The minimum atomic E-state index is -0.417. The molecular formula is C10H17NO4. The Balaban J connectivity index is 2.65. The molecule has 15 heavy (non-hydrogen) atoms. The summed E-state index contributed by atoms with van der Waals surface area (Å²) >= 11 is 0. The van der Waals surface area contributed by atoms with Crippen molar-refractivity contribution < 1.29 is 19.4 Å². The quantitative estimate of drug-likeness (QED) is 0.520. The minimum absolute atomic E-state index is 0.0657. The summed E-state index contributed by atoms with van der Waals surface area (Å²) in [5, 5.41) is 9.04. The highest BCUT2D eigenvalue weighted by molar-refractivity contribution is 5.86. The zero-order valence-corrected chi connectivity index (χ0v) is 9.27. The number of β-lactam (4-membered cyclic amide) rings is 1. The van der Waals surface area contributed by atoms with Crippen molar-refractivity contribution in [2.75, 3.05) is 13.2 Å². The van der Waals surface area contributed by atoms with Gasteiger partial charge in [-0.3, -0.25) is 9.59 Å². The van der Waals surface area contributed by atoms with Gasteiger partial charge >= 0.3 is 5.97 Å². The topological polar surface area (TPSA) is 66.8 Å². The van der Waals surface area contributed by atoms with E-state index in [1.54, 1.807) is 11.8 Å². The molecule has 0 spiro atoms. The molecule has 1 aliphatic heterocycles. The van der Waals surface area contributed by atoms with Crippen molar-refractivity contribution >= 4 is 11.9 Å². The smallest absolute Gasteiger partial charge is 0.302 e. The number of rotatable bonds is 4. The highest BCUT2D eigenvalue weighted by Gasteiger charge is 2.49. The van der Waals surface area contributed by atoms with Crippen LogP contribution >= 0.6 is 0 Å². The van der Waals surface area contributed by atoms with Crippen LogP contribution in [0.4, 0.5) is 0 Å². The number of aliphatic hydroxyl groups excluding tert-OH is 1. The minimum Gasteiger partial charge on any atom is -0.461 e. The first-order valence-corrected chi connectivity index (χ1v) is 5.11. The van der Waals surface area contributed by atoms with Crippen LogP contribution in [0.15, 0.2) is 0 Å². The normalized spacial score (nSPS) is 27.2. The summed E-state index contributed by atoms with van der Waals surface area (Å²) in [4.78, 5) is 23.9. The summed E-state index contributed by atoms with van der Waals surface area (Å²) in [6, 6.07) is -0.184. The summed E-state index contributed by atoms with van der Waals surface area (Å²) in [6.45, 7) is 5.32. The number of carbonyl (C=O) groups is 2. The molecular weight excluding hydrogens is 198 g/mol. The van der Waals surface area contributed by atoms with Crippen molar-refractivity contribution in [1.82, 2.24) is 4.90 Å². The molecule has 0 aromatic heterocycles. The third-order valence-electron chi connectivity index (χ3n) is 2.74. The third kappa shape index (κ3) is 2.12. The molecule has 0 aromatic carbocycles. The summed E-state index contributed by atoms with van der Waals surface area (Å²) in [5.74, 6) is -0.849. The van der Waals surface area contributed by atoms with Gasteiger partial charge in [0, 0.05) is 13.5 Å². The van der Waals surface area contributed by atoms with Crippen LogP contribution in [0.5, 0.6) is 0 Å². The molecule has 1 fully saturated rings. The molecule has 3 unspecified atom stereocenters. The molecule has 5 nitrogen and oxygen atoms in total. The summed E-state index contributed by atoms with van der Waals surface area (Å²) in [5.41, 5.74) is 0. The lowest BCUT2D eigenvalue weighted by Gasteiger charge is -2.48. The zero-order valence-electron chi connectivity index (χ0n) is 9.27. The molecule has 1 saturated heterocycles. The van der Waals surface area contributed by atoms with E-state index in [1.165, 1.54) is 6.92 Å². The molecule has 0 saturated carbocycles. The van der Waals surface area contributed by atoms with Gasteiger partial charge in [-0.05, 0) is 13.8 Å². The van der Waals surface area contributed by atoms with Crippen molar-refractivity contribution in [3.05, 3.63) is 0 Å². The monoisotopic (exact) mass is 215 g/mol. The fourth-order valence-corrected chi connectivity index (χ4v) is 2.11. The van der Waals surface area contributed by atoms with E-state index >= 15 is 0 Å². The standard InChI is InChI=1S/C10H17NO4/c1-4-11-9(6(2)15-7(3)13)8(5-12)10(11)14/h6,8-9,12H,4-5H2,1-3H3. The predicted octanol–water partition coefficient (Wildman–Crippen LogP) is -0.223. The molecule has 1 aliphatic rings. The van der Waals surface area contributed by atoms with E-state index in [0.717, 1.165) is 0 Å².